The molecule has 0 fully saturated rings. The molecule has 0 saturated heterocycles. The molecule has 0 bridgehead atoms. The fourth-order valence-electron chi connectivity index (χ4n) is 4.20. The van der Waals surface area contributed by atoms with Crippen molar-refractivity contribution >= 4 is 5.78 Å². The van der Waals surface area contributed by atoms with Crippen LogP contribution in [0.4, 0.5) is 26.3 Å². The predicted octanol–water partition coefficient (Wildman–Crippen LogP) is 7.38. The minimum Gasteiger partial charge on any atom is -0.299 e. The van der Waals surface area contributed by atoms with Crippen molar-refractivity contribution in [1.82, 2.24) is 4.98 Å². The number of aromatic nitrogens is 1. The number of alkyl halides is 6. The van der Waals surface area contributed by atoms with E-state index < -0.39 is 29.4 Å². The topological polar surface area (TPSA) is 30.0 Å². The summed E-state index contributed by atoms with van der Waals surface area (Å²) in [4.78, 5) is 17.0. The molecular formula is C26H23F6NO. The number of Topliss-reactive ketones (excluding diaryl/α,β-unsaturated/α-hetero) is 1. The second-order valence-corrected chi connectivity index (χ2v) is 8.40. The molecule has 0 spiro atoms. The standard InChI is InChI=1S/C26H23F6NO/c1-15-11-16(2)21(17(3)12-15)13-20(34)14-22(18-6-8-19(9-7-18)25(27,28)29)24-23(26(30,31)32)5-4-10-33-24/h4-12,22H,13-14H2,1-3H3/t22-/m0/s1. The Hall–Kier alpha value is -3.16. The Balaban J connectivity index is 2.02. The Morgan fingerprint density at radius 2 is 1.47 bits per heavy atom. The van der Waals surface area contributed by atoms with Crippen LogP contribution in [0, 0.1) is 20.8 Å². The van der Waals surface area contributed by atoms with Crippen molar-refractivity contribution in [2.24, 2.45) is 0 Å². The first-order valence-corrected chi connectivity index (χ1v) is 10.5. The third-order valence-electron chi connectivity index (χ3n) is 5.76. The molecule has 0 saturated carbocycles. The minimum absolute atomic E-state index is 0.00324. The van der Waals surface area contributed by atoms with Gasteiger partial charge in [0.25, 0.3) is 0 Å². The van der Waals surface area contributed by atoms with Gasteiger partial charge in [-0.2, -0.15) is 26.3 Å². The first-order chi connectivity index (χ1) is 15.8. The van der Waals surface area contributed by atoms with Crippen LogP contribution in [0.5, 0.6) is 0 Å². The van der Waals surface area contributed by atoms with Crippen LogP contribution in [0.2, 0.25) is 0 Å². The number of halogens is 6. The average molecular weight is 479 g/mol. The Bertz CT molecular complexity index is 1160. The van der Waals surface area contributed by atoms with Crippen LogP contribution >= 0.6 is 0 Å². The van der Waals surface area contributed by atoms with Gasteiger partial charge in [-0.25, -0.2) is 0 Å². The number of carbonyl (C=O) groups is 1. The molecular weight excluding hydrogens is 456 g/mol. The van der Waals surface area contributed by atoms with Gasteiger partial charge in [0.2, 0.25) is 0 Å². The monoisotopic (exact) mass is 479 g/mol. The highest BCUT2D eigenvalue weighted by atomic mass is 19.4. The summed E-state index contributed by atoms with van der Waals surface area (Å²) in [6.45, 7) is 5.64. The van der Waals surface area contributed by atoms with Gasteiger partial charge in [0.15, 0.2) is 0 Å². The van der Waals surface area contributed by atoms with Crippen LogP contribution < -0.4 is 0 Å². The lowest BCUT2D eigenvalue weighted by molar-refractivity contribution is -0.139. The molecule has 180 valence electrons. The van der Waals surface area contributed by atoms with E-state index in [1.165, 1.54) is 6.20 Å². The zero-order valence-electron chi connectivity index (χ0n) is 18.8. The number of hydrogen-bond acceptors (Lipinski definition) is 2. The minimum atomic E-state index is -4.74. The van der Waals surface area contributed by atoms with E-state index in [9.17, 15) is 31.1 Å². The number of nitrogens with zero attached hydrogens (tertiary/aromatic N) is 1. The summed E-state index contributed by atoms with van der Waals surface area (Å²) in [7, 11) is 0. The molecule has 3 rings (SSSR count). The van der Waals surface area contributed by atoms with E-state index >= 15 is 0 Å². The van der Waals surface area contributed by atoms with Gasteiger partial charge in [0.1, 0.15) is 5.78 Å². The molecule has 0 aliphatic heterocycles. The Morgan fingerprint density at radius 1 is 0.882 bits per heavy atom. The lowest BCUT2D eigenvalue weighted by Crippen LogP contribution is -2.18. The Kier molecular flexibility index (Phi) is 7.19. The van der Waals surface area contributed by atoms with E-state index in [0.717, 1.165) is 58.7 Å². The fourth-order valence-corrected chi connectivity index (χ4v) is 4.20. The molecule has 3 aromatic rings. The predicted molar refractivity (Wildman–Crippen MR) is 117 cm³/mol. The Morgan fingerprint density at radius 3 is 2.00 bits per heavy atom. The van der Waals surface area contributed by atoms with Crippen LogP contribution in [-0.4, -0.2) is 10.8 Å². The normalized spacial score (nSPS) is 13.1. The average Bonchev–Trinajstić information content (AvgIpc) is 2.73. The summed E-state index contributed by atoms with van der Waals surface area (Å²) in [6.07, 6.45) is -8.48. The molecule has 0 aliphatic carbocycles. The van der Waals surface area contributed by atoms with Crippen molar-refractivity contribution in [3.63, 3.8) is 0 Å². The van der Waals surface area contributed by atoms with E-state index in [-0.39, 0.29) is 29.9 Å². The van der Waals surface area contributed by atoms with Crippen LogP contribution in [0.25, 0.3) is 0 Å². The molecule has 1 aromatic heterocycles. The number of rotatable bonds is 6. The highest BCUT2D eigenvalue weighted by molar-refractivity contribution is 5.83. The SMILES string of the molecule is Cc1cc(C)c(CC(=O)C[C@@H](c2ccc(C(F)(F)F)cc2)c2ncccc2C(F)(F)F)c(C)c1. The van der Waals surface area contributed by atoms with Crippen LogP contribution in [0.3, 0.4) is 0 Å². The van der Waals surface area contributed by atoms with Crippen molar-refractivity contribution in [3.05, 3.63) is 99.4 Å². The highest BCUT2D eigenvalue weighted by Crippen LogP contribution is 2.39. The van der Waals surface area contributed by atoms with Gasteiger partial charge < -0.3 is 0 Å². The zero-order valence-corrected chi connectivity index (χ0v) is 18.8. The van der Waals surface area contributed by atoms with Crippen LogP contribution in [-0.2, 0) is 23.6 Å². The summed E-state index contributed by atoms with van der Waals surface area (Å²) < 4.78 is 80.1. The van der Waals surface area contributed by atoms with Crippen molar-refractivity contribution in [2.45, 2.75) is 51.9 Å². The molecule has 2 nitrogen and oxygen atoms in total. The molecule has 8 heteroatoms. The number of hydrogen-bond donors (Lipinski definition) is 0. The summed E-state index contributed by atoms with van der Waals surface area (Å²) in [5.41, 5.74) is 1.43. The number of carbonyl (C=O) groups excluding carboxylic acids is 1. The van der Waals surface area contributed by atoms with Crippen LogP contribution in [0.1, 0.15) is 57.0 Å². The molecule has 0 unspecified atom stereocenters. The third-order valence-corrected chi connectivity index (χ3v) is 5.76. The van der Waals surface area contributed by atoms with Gasteiger partial charge in [-0.05, 0) is 67.3 Å². The van der Waals surface area contributed by atoms with Gasteiger partial charge >= 0.3 is 12.4 Å². The first-order valence-electron chi connectivity index (χ1n) is 10.5. The van der Waals surface area contributed by atoms with Gasteiger partial charge in [-0.1, -0.05) is 29.8 Å². The molecule has 0 N–H and O–H groups in total. The summed E-state index contributed by atoms with van der Waals surface area (Å²) in [5.74, 6) is -1.49. The number of aryl methyl sites for hydroxylation is 3. The maximum absolute atomic E-state index is 13.7. The van der Waals surface area contributed by atoms with E-state index in [2.05, 4.69) is 4.98 Å². The first kappa shape index (κ1) is 25.5. The molecule has 0 amide bonds. The van der Waals surface area contributed by atoms with Crippen molar-refractivity contribution in [1.29, 1.82) is 0 Å². The van der Waals surface area contributed by atoms with E-state index in [4.69, 9.17) is 0 Å². The lowest BCUT2D eigenvalue weighted by Gasteiger charge is -2.21. The van der Waals surface area contributed by atoms with Gasteiger partial charge in [0.05, 0.1) is 16.8 Å². The summed E-state index contributed by atoms with van der Waals surface area (Å²) in [5, 5.41) is 0. The number of benzene rings is 2. The Labute approximate surface area is 193 Å². The van der Waals surface area contributed by atoms with E-state index in [0.29, 0.717) is 0 Å². The second-order valence-electron chi connectivity index (χ2n) is 8.40. The molecule has 0 aliphatic rings. The van der Waals surface area contributed by atoms with Crippen molar-refractivity contribution < 1.29 is 31.1 Å². The third kappa shape index (κ3) is 5.85. The number of ketones is 1. The van der Waals surface area contributed by atoms with Crippen LogP contribution in [0.15, 0.2) is 54.7 Å². The smallest absolute Gasteiger partial charge is 0.299 e. The molecule has 2 aromatic carbocycles. The van der Waals surface area contributed by atoms with Gasteiger partial charge in [-0.15, -0.1) is 0 Å². The van der Waals surface area contributed by atoms with E-state index in [1.54, 1.807) is 0 Å². The van der Waals surface area contributed by atoms with E-state index in [1.807, 2.05) is 32.9 Å². The zero-order chi connectivity index (χ0) is 25.3. The highest BCUT2D eigenvalue weighted by Gasteiger charge is 2.37. The lowest BCUT2D eigenvalue weighted by atomic mass is 9.85. The van der Waals surface area contributed by atoms with Gasteiger partial charge in [-0.3, -0.25) is 9.78 Å². The summed E-state index contributed by atoms with van der Waals surface area (Å²) >= 11 is 0. The fraction of sp³-hybridized carbons (Fsp3) is 0.308. The van der Waals surface area contributed by atoms with Crippen molar-refractivity contribution in [3.8, 4) is 0 Å². The van der Waals surface area contributed by atoms with Crippen molar-refractivity contribution in [2.75, 3.05) is 0 Å². The number of pyridine rings is 1. The second kappa shape index (κ2) is 9.60. The molecule has 1 heterocycles. The van der Waals surface area contributed by atoms with Gasteiger partial charge in [0, 0.05) is 25.0 Å². The quantitative estimate of drug-likeness (QED) is 0.345. The molecule has 34 heavy (non-hydrogen) atoms. The summed E-state index contributed by atoms with van der Waals surface area (Å²) in [6, 6.07) is 9.66. The molecule has 1 atom stereocenters. The molecule has 0 radical (unpaired) electrons. The maximum atomic E-state index is 13.7. The largest absolute Gasteiger partial charge is 0.418 e. The maximum Gasteiger partial charge on any atom is 0.418 e.